The smallest absolute Gasteiger partial charge is 0.245 e. The molecule has 1 fully saturated rings. The van der Waals surface area contributed by atoms with Gasteiger partial charge in [0.05, 0.1) is 12.9 Å². The first-order valence-electron chi connectivity index (χ1n) is 14.5. The Labute approximate surface area is 236 Å². The van der Waals surface area contributed by atoms with Gasteiger partial charge in [0, 0.05) is 44.1 Å². The maximum atomic E-state index is 13.0. The molecule has 1 unspecified atom stereocenters. The number of anilines is 2. The predicted octanol–water partition coefficient (Wildman–Crippen LogP) is 5.24. The summed E-state index contributed by atoms with van der Waals surface area (Å²) in [6.45, 7) is 9.92. The SMILES string of the molecule is C=CC(=O)N1CCC(C(=O)CC2=CCCC(CNc3nc(NCCCCCCF)nc4c(C(C)C)cnn34)=C2)C1. The largest absolute Gasteiger partial charge is 0.354 e. The summed E-state index contributed by atoms with van der Waals surface area (Å²) in [5.74, 6) is 1.40. The predicted molar refractivity (Wildman–Crippen MR) is 156 cm³/mol. The van der Waals surface area contributed by atoms with Crippen LogP contribution in [0.2, 0.25) is 0 Å². The van der Waals surface area contributed by atoms with E-state index in [0.29, 0.717) is 50.8 Å². The number of hydrogen-bond acceptors (Lipinski definition) is 7. The lowest BCUT2D eigenvalue weighted by atomic mass is 9.92. The summed E-state index contributed by atoms with van der Waals surface area (Å²) in [5, 5.41) is 11.3. The van der Waals surface area contributed by atoms with Crippen LogP contribution in [0.3, 0.4) is 0 Å². The zero-order valence-corrected chi connectivity index (χ0v) is 23.8. The summed E-state index contributed by atoms with van der Waals surface area (Å²) in [6, 6.07) is 0. The number of nitrogens with one attached hydrogen (secondary N) is 2. The molecule has 1 amide bonds. The molecule has 1 saturated heterocycles. The van der Waals surface area contributed by atoms with Gasteiger partial charge in [0.25, 0.3) is 0 Å². The van der Waals surface area contributed by atoms with Gasteiger partial charge in [-0.15, -0.1) is 0 Å². The third-order valence-corrected chi connectivity index (χ3v) is 7.60. The molecule has 2 aliphatic rings. The highest BCUT2D eigenvalue weighted by atomic mass is 19.1. The van der Waals surface area contributed by atoms with Crippen molar-refractivity contribution in [2.24, 2.45) is 5.92 Å². The Morgan fingerprint density at radius 2 is 2.02 bits per heavy atom. The number of carbonyl (C=O) groups excluding carboxylic acids is 2. The minimum Gasteiger partial charge on any atom is -0.354 e. The molecular formula is C30H42FN7O2. The van der Waals surface area contributed by atoms with Gasteiger partial charge in [0.15, 0.2) is 5.65 Å². The average molecular weight is 552 g/mol. The van der Waals surface area contributed by atoms with Crippen molar-refractivity contribution < 1.29 is 14.0 Å². The van der Waals surface area contributed by atoms with Gasteiger partial charge in [-0.05, 0) is 49.7 Å². The van der Waals surface area contributed by atoms with Crippen molar-refractivity contribution in [3.05, 3.63) is 47.7 Å². The van der Waals surface area contributed by atoms with Crippen LogP contribution in [-0.2, 0) is 9.59 Å². The summed E-state index contributed by atoms with van der Waals surface area (Å²) in [7, 11) is 0. The summed E-state index contributed by atoms with van der Waals surface area (Å²) < 4.78 is 14.1. The first kappa shape index (κ1) is 29.4. The van der Waals surface area contributed by atoms with Crippen LogP contribution < -0.4 is 10.6 Å². The number of aromatic nitrogens is 4. The monoisotopic (exact) mass is 551 g/mol. The number of allylic oxidation sites excluding steroid dienone is 3. The molecule has 0 spiro atoms. The Hall–Kier alpha value is -3.56. The van der Waals surface area contributed by atoms with E-state index in [2.05, 4.69) is 48.3 Å². The summed E-state index contributed by atoms with van der Waals surface area (Å²) in [4.78, 5) is 36.0. The van der Waals surface area contributed by atoms with Crippen molar-refractivity contribution in [3.63, 3.8) is 0 Å². The fourth-order valence-electron chi connectivity index (χ4n) is 5.26. The molecule has 2 N–H and O–H groups in total. The lowest BCUT2D eigenvalue weighted by Crippen LogP contribution is -2.28. The maximum Gasteiger partial charge on any atom is 0.245 e. The van der Waals surface area contributed by atoms with Crippen LogP contribution in [0.15, 0.2) is 42.2 Å². The Morgan fingerprint density at radius 3 is 2.80 bits per heavy atom. The number of Topliss-reactive ketones (excluding diaryl/α,β-unsaturated/α-hetero) is 1. The van der Waals surface area contributed by atoms with Gasteiger partial charge >= 0.3 is 0 Å². The second kappa shape index (κ2) is 14.2. The molecular weight excluding hydrogens is 509 g/mol. The molecule has 1 aliphatic heterocycles. The second-order valence-electron chi connectivity index (χ2n) is 11.0. The number of ketones is 1. The van der Waals surface area contributed by atoms with Crippen LogP contribution in [0.25, 0.3) is 5.65 Å². The van der Waals surface area contributed by atoms with E-state index in [1.165, 1.54) is 11.6 Å². The van der Waals surface area contributed by atoms with Gasteiger partial charge in [0.2, 0.25) is 17.8 Å². The quantitative estimate of drug-likeness (QED) is 0.230. The van der Waals surface area contributed by atoms with Crippen molar-refractivity contribution in [1.82, 2.24) is 24.5 Å². The molecule has 9 nitrogen and oxygen atoms in total. The molecule has 0 saturated carbocycles. The number of nitrogens with zero attached hydrogens (tertiary/aromatic N) is 5. The van der Waals surface area contributed by atoms with Gasteiger partial charge in [-0.25, -0.2) is 0 Å². The van der Waals surface area contributed by atoms with Crippen molar-refractivity contribution in [2.45, 2.75) is 71.1 Å². The zero-order chi connectivity index (χ0) is 28.5. The minimum absolute atomic E-state index is 0.107. The van der Waals surface area contributed by atoms with E-state index < -0.39 is 0 Å². The standard InChI is InChI=1S/C30H42FN7O2/c1-4-27(40)37-15-12-24(20-37)26(39)17-22-10-9-11-23(16-22)18-33-30-36-29(32-14-8-6-5-7-13-31)35-28-25(21(2)3)19-34-38(28)30/h4,10,16,19,21,24H,1,5-9,11-15,17-18,20H2,2-3H3,(H2,32,33,35,36). The van der Waals surface area contributed by atoms with E-state index in [-0.39, 0.29) is 30.2 Å². The number of alkyl halides is 1. The number of unbranched alkanes of at least 4 members (excludes halogenated alkanes) is 3. The summed E-state index contributed by atoms with van der Waals surface area (Å²) >= 11 is 0. The van der Waals surface area contributed by atoms with Gasteiger partial charge < -0.3 is 15.5 Å². The third kappa shape index (κ3) is 7.55. The van der Waals surface area contributed by atoms with Crippen LogP contribution in [0.1, 0.15) is 76.7 Å². The highest BCUT2D eigenvalue weighted by Gasteiger charge is 2.30. The number of amides is 1. The number of halogens is 1. The lowest BCUT2D eigenvalue weighted by Gasteiger charge is -2.17. The highest BCUT2D eigenvalue weighted by molar-refractivity contribution is 5.89. The van der Waals surface area contributed by atoms with Crippen molar-refractivity contribution >= 4 is 29.2 Å². The molecule has 2 aromatic heterocycles. The molecule has 1 aliphatic carbocycles. The normalized spacial score (nSPS) is 17.2. The Morgan fingerprint density at radius 1 is 1.20 bits per heavy atom. The summed E-state index contributed by atoms with van der Waals surface area (Å²) in [6.07, 6.45) is 13.7. The zero-order valence-electron chi connectivity index (χ0n) is 23.8. The van der Waals surface area contributed by atoms with Gasteiger partial charge in [0.1, 0.15) is 5.78 Å². The highest BCUT2D eigenvalue weighted by Crippen LogP contribution is 2.26. The molecule has 216 valence electrons. The molecule has 3 heterocycles. The fourth-order valence-corrected chi connectivity index (χ4v) is 5.26. The Kier molecular flexibility index (Phi) is 10.4. The number of carbonyl (C=O) groups is 2. The van der Waals surface area contributed by atoms with Gasteiger partial charge in [-0.2, -0.15) is 19.6 Å². The molecule has 0 radical (unpaired) electrons. The molecule has 4 rings (SSSR count). The number of fused-ring (bicyclic) bond motifs is 1. The van der Waals surface area contributed by atoms with Crippen molar-refractivity contribution in [2.75, 3.05) is 43.5 Å². The van der Waals surface area contributed by atoms with E-state index in [1.54, 1.807) is 9.42 Å². The van der Waals surface area contributed by atoms with E-state index in [0.717, 1.165) is 55.4 Å². The van der Waals surface area contributed by atoms with E-state index in [4.69, 9.17) is 9.97 Å². The van der Waals surface area contributed by atoms with Crippen LogP contribution in [0.4, 0.5) is 16.3 Å². The minimum atomic E-state index is -0.261. The maximum absolute atomic E-state index is 13.0. The number of rotatable bonds is 15. The molecule has 10 heteroatoms. The van der Waals surface area contributed by atoms with Crippen molar-refractivity contribution in [3.8, 4) is 0 Å². The van der Waals surface area contributed by atoms with E-state index in [1.807, 2.05) is 6.20 Å². The van der Waals surface area contributed by atoms with Crippen LogP contribution in [0.5, 0.6) is 0 Å². The average Bonchev–Trinajstić information content (AvgIpc) is 3.62. The van der Waals surface area contributed by atoms with Crippen LogP contribution >= 0.6 is 0 Å². The van der Waals surface area contributed by atoms with Gasteiger partial charge in [-0.3, -0.25) is 14.0 Å². The Balaban J connectivity index is 1.39. The first-order chi connectivity index (χ1) is 19.4. The molecule has 40 heavy (non-hydrogen) atoms. The van der Waals surface area contributed by atoms with Crippen LogP contribution in [0, 0.1) is 5.92 Å². The molecule has 0 bridgehead atoms. The number of likely N-dealkylation sites (tertiary alicyclic amines) is 1. The topological polar surface area (TPSA) is 105 Å². The van der Waals surface area contributed by atoms with Crippen molar-refractivity contribution in [1.29, 1.82) is 0 Å². The van der Waals surface area contributed by atoms with Crippen LogP contribution in [-0.4, -0.2) is 69.0 Å². The fraction of sp³-hybridized carbons (Fsp3) is 0.567. The number of hydrogen-bond donors (Lipinski definition) is 2. The van der Waals surface area contributed by atoms with Gasteiger partial charge in [-0.1, -0.05) is 51.0 Å². The second-order valence-corrected chi connectivity index (χ2v) is 11.0. The van der Waals surface area contributed by atoms with E-state index >= 15 is 0 Å². The lowest BCUT2D eigenvalue weighted by molar-refractivity contribution is -0.125. The van der Waals surface area contributed by atoms with E-state index in [9.17, 15) is 14.0 Å². The molecule has 1 atom stereocenters. The summed E-state index contributed by atoms with van der Waals surface area (Å²) in [5.41, 5.74) is 4.06. The Bertz CT molecular complexity index is 1270. The third-order valence-electron chi connectivity index (χ3n) is 7.60. The molecule has 2 aromatic rings. The first-order valence-corrected chi connectivity index (χ1v) is 14.5. The molecule has 0 aromatic carbocycles.